The Bertz CT molecular complexity index is 759. The Labute approximate surface area is 158 Å². The van der Waals surface area contributed by atoms with E-state index in [2.05, 4.69) is 10.3 Å². The largest absolute Gasteiger partial charge is 0.339 e. The van der Waals surface area contributed by atoms with E-state index in [9.17, 15) is 14.0 Å². The third-order valence-corrected chi connectivity index (χ3v) is 4.58. The molecule has 1 aromatic carbocycles. The summed E-state index contributed by atoms with van der Waals surface area (Å²) in [5, 5.41) is 2.88. The monoisotopic (exact) mass is 370 g/mol. The number of aromatic nitrogens is 1. The zero-order valence-electron chi connectivity index (χ0n) is 15.1. The summed E-state index contributed by atoms with van der Waals surface area (Å²) in [6.07, 6.45) is 2.61. The van der Waals surface area contributed by atoms with Gasteiger partial charge in [-0.25, -0.2) is 9.18 Å². The summed E-state index contributed by atoms with van der Waals surface area (Å²) in [6.45, 7) is 2.56. The van der Waals surface area contributed by atoms with Gasteiger partial charge in [-0.2, -0.15) is 0 Å². The van der Waals surface area contributed by atoms with E-state index >= 15 is 0 Å². The normalized spacial score (nSPS) is 14.1. The summed E-state index contributed by atoms with van der Waals surface area (Å²) < 4.78 is 12.9. The molecule has 142 valence electrons. The highest BCUT2D eigenvalue weighted by atomic mass is 19.1. The van der Waals surface area contributed by atoms with E-state index in [1.165, 1.54) is 12.1 Å². The van der Waals surface area contributed by atoms with Crippen LogP contribution < -0.4 is 5.32 Å². The number of benzene rings is 1. The fourth-order valence-electron chi connectivity index (χ4n) is 3.01. The standard InChI is InChI=1S/C20H23FN4O2/c21-17-6-4-16(5-7-17)8-10-23-20(27)25-13-11-24(12-14-25)19(26)15-18-3-1-2-9-22-18/h1-7,9H,8,10-15H2,(H,23,27). The van der Waals surface area contributed by atoms with E-state index in [0.29, 0.717) is 39.1 Å². The molecule has 27 heavy (non-hydrogen) atoms. The maximum absolute atomic E-state index is 12.9. The van der Waals surface area contributed by atoms with Gasteiger partial charge in [0.25, 0.3) is 0 Å². The van der Waals surface area contributed by atoms with Gasteiger partial charge in [0, 0.05) is 44.6 Å². The molecule has 6 nitrogen and oxygen atoms in total. The Hall–Kier alpha value is -2.96. The maximum Gasteiger partial charge on any atom is 0.317 e. The van der Waals surface area contributed by atoms with Crippen LogP contribution in [0.5, 0.6) is 0 Å². The van der Waals surface area contributed by atoms with Gasteiger partial charge in [0.15, 0.2) is 0 Å². The molecule has 0 atom stereocenters. The van der Waals surface area contributed by atoms with Gasteiger partial charge in [-0.15, -0.1) is 0 Å². The lowest BCUT2D eigenvalue weighted by molar-refractivity contribution is -0.131. The number of rotatable bonds is 5. The summed E-state index contributed by atoms with van der Waals surface area (Å²) in [5.74, 6) is -0.233. The third kappa shape index (κ3) is 5.51. The van der Waals surface area contributed by atoms with Crippen LogP contribution in [0.1, 0.15) is 11.3 Å². The van der Waals surface area contributed by atoms with Crippen molar-refractivity contribution < 1.29 is 14.0 Å². The van der Waals surface area contributed by atoms with Gasteiger partial charge in [-0.3, -0.25) is 9.78 Å². The smallest absolute Gasteiger partial charge is 0.317 e. The Balaban J connectivity index is 1.38. The van der Waals surface area contributed by atoms with Crippen LogP contribution in [0.3, 0.4) is 0 Å². The molecule has 0 spiro atoms. The minimum atomic E-state index is -0.266. The third-order valence-electron chi connectivity index (χ3n) is 4.58. The Kier molecular flexibility index (Phi) is 6.35. The van der Waals surface area contributed by atoms with E-state index in [4.69, 9.17) is 0 Å². The predicted octanol–water partition coefficient (Wildman–Crippen LogP) is 1.86. The maximum atomic E-state index is 12.9. The average molecular weight is 370 g/mol. The second kappa shape index (κ2) is 9.12. The molecule has 1 fully saturated rings. The van der Waals surface area contributed by atoms with Crippen molar-refractivity contribution in [3.05, 3.63) is 65.7 Å². The molecule has 1 saturated heterocycles. The van der Waals surface area contributed by atoms with Crippen molar-refractivity contribution in [1.82, 2.24) is 20.1 Å². The second-order valence-corrected chi connectivity index (χ2v) is 6.47. The molecule has 3 rings (SSSR count). The number of piperazine rings is 1. The molecule has 1 aliphatic heterocycles. The van der Waals surface area contributed by atoms with Crippen molar-refractivity contribution in [2.45, 2.75) is 12.8 Å². The number of nitrogens with one attached hydrogen (secondary N) is 1. The molecule has 1 aromatic heterocycles. The first-order chi connectivity index (χ1) is 13.1. The van der Waals surface area contributed by atoms with Crippen LogP contribution in [0.2, 0.25) is 0 Å². The number of pyridine rings is 1. The van der Waals surface area contributed by atoms with Gasteiger partial charge in [0.2, 0.25) is 5.91 Å². The molecule has 0 aliphatic carbocycles. The van der Waals surface area contributed by atoms with Crippen LogP contribution in [-0.4, -0.2) is 59.4 Å². The SMILES string of the molecule is O=C(Cc1ccccn1)N1CCN(C(=O)NCCc2ccc(F)cc2)CC1. The fraction of sp³-hybridized carbons (Fsp3) is 0.350. The van der Waals surface area contributed by atoms with Crippen LogP contribution in [0.25, 0.3) is 0 Å². The first-order valence-electron chi connectivity index (χ1n) is 9.07. The van der Waals surface area contributed by atoms with E-state index in [1.54, 1.807) is 28.1 Å². The summed E-state index contributed by atoms with van der Waals surface area (Å²) in [5.41, 5.74) is 1.73. The van der Waals surface area contributed by atoms with Crippen molar-refractivity contribution >= 4 is 11.9 Å². The minimum absolute atomic E-state index is 0.0325. The number of amides is 3. The van der Waals surface area contributed by atoms with Crippen molar-refractivity contribution in [3.8, 4) is 0 Å². The van der Waals surface area contributed by atoms with Crippen molar-refractivity contribution in [2.24, 2.45) is 0 Å². The molecule has 3 amide bonds. The quantitative estimate of drug-likeness (QED) is 0.874. The zero-order chi connectivity index (χ0) is 19.1. The number of hydrogen-bond donors (Lipinski definition) is 1. The highest BCUT2D eigenvalue weighted by Crippen LogP contribution is 2.06. The van der Waals surface area contributed by atoms with E-state index in [0.717, 1.165) is 11.3 Å². The van der Waals surface area contributed by atoms with Gasteiger partial charge in [-0.05, 0) is 36.2 Å². The lowest BCUT2D eigenvalue weighted by Crippen LogP contribution is -2.53. The molecule has 1 N–H and O–H groups in total. The highest BCUT2D eigenvalue weighted by Gasteiger charge is 2.24. The van der Waals surface area contributed by atoms with Crippen molar-refractivity contribution in [3.63, 3.8) is 0 Å². The van der Waals surface area contributed by atoms with Gasteiger partial charge in [-0.1, -0.05) is 18.2 Å². The molecule has 0 radical (unpaired) electrons. The van der Waals surface area contributed by atoms with Crippen LogP contribution in [-0.2, 0) is 17.6 Å². The molecule has 2 aromatic rings. The van der Waals surface area contributed by atoms with Crippen LogP contribution in [0.4, 0.5) is 9.18 Å². The number of carbonyl (C=O) groups is 2. The lowest BCUT2D eigenvalue weighted by Gasteiger charge is -2.34. The van der Waals surface area contributed by atoms with Crippen LogP contribution in [0.15, 0.2) is 48.7 Å². The summed E-state index contributed by atoms with van der Waals surface area (Å²) in [6, 6.07) is 11.7. The summed E-state index contributed by atoms with van der Waals surface area (Å²) in [7, 11) is 0. The van der Waals surface area contributed by atoms with E-state index < -0.39 is 0 Å². The molecule has 2 heterocycles. The topological polar surface area (TPSA) is 65.5 Å². The predicted molar refractivity (Wildman–Crippen MR) is 99.6 cm³/mol. The Morgan fingerprint density at radius 3 is 2.37 bits per heavy atom. The summed E-state index contributed by atoms with van der Waals surface area (Å²) in [4.78, 5) is 32.3. The van der Waals surface area contributed by atoms with E-state index in [-0.39, 0.29) is 24.2 Å². The van der Waals surface area contributed by atoms with Gasteiger partial charge in [0.1, 0.15) is 5.82 Å². The number of nitrogens with zero attached hydrogens (tertiary/aromatic N) is 3. The first-order valence-corrected chi connectivity index (χ1v) is 9.07. The average Bonchev–Trinajstić information content (AvgIpc) is 2.70. The molecular formula is C20H23FN4O2. The summed E-state index contributed by atoms with van der Waals surface area (Å²) >= 11 is 0. The molecule has 0 bridgehead atoms. The number of carbonyl (C=O) groups excluding carboxylic acids is 2. The highest BCUT2D eigenvalue weighted by molar-refractivity contribution is 5.79. The first kappa shape index (κ1) is 18.8. The second-order valence-electron chi connectivity index (χ2n) is 6.47. The molecule has 1 aliphatic rings. The Morgan fingerprint density at radius 2 is 1.70 bits per heavy atom. The number of hydrogen-bond acceptors (Lipinski definition) is 3. The van der Waals surface area contributed by atoms with Gasteiger partial charge >= 0.3 is 6.03 Å². The molecule has 0 saturated carbocycles. The van der Waals surface area contributed by atoms with Crippen molar-refractivity contribution in [2.75, 3.05) is 32.7 Å². The molecular weight excluding hydrogens is 347 g/mol. The zero-order valence-corrected chi connectivity index (χ0v) is 15.1. The van der Waals surface area contributed by atoms with Crippen LogP contribution >= 0.6 is 0 Å². The van der Waals surface area contributed by atoms with Gasteiger partial charge in [0.05, 0.1) is 6.42 Å². The van der Waals surface area contributed by atoms with Crippen LogP contribution in [0, 0.1) is 5.82 Å². The fourth-order valence-corrected chi connectivity index (χ4v) is 3.01. The molecule has 7 heteroatoms. The Morgan fingerprint density at radius 1 is 1.00 bits per heavy atom. The van der Waals surface area contributed by atoms with E-state index in [1.807, 2.05) is 18.2 Å². The van der Waals surface area contributed by atoms with Crippen molar-refractivity contribution in [1.29, 1.82) is 0 Å². The lowest BCUT2D eigenvalue weighted by atomic mass is 10.1. The minimum Gasteiger partial charge on any atom is -0.339 e. The number of halogens is 1. The number of urea groups is 1. The van der Waals surface area contributed by atoms with Gasteiger partial charge < -0.3 is 15.1 Å². The molecule has 0 unspecified atom stereocenters.